The second-order valence-electron chi connectivity index (χ2n) is 6.04. The third-order valence-corrected chi connectivity index (χ3v) is 4.55. The number of rotatable bonds is 2. The molecule has 19 heavy (non-hydrogen) atoms. The van der Waals surface area contributed by atoms with Crippen LogP contribution in [0, 0.1) is 0 Å². The van der Waals surface area contributed by atoms with E-state index in [2.05, 4.69) is 13.8 Å². The van der Waals surface area contributed by atoms with Gasteiger partial charge >= 0.3 is 0 Å². The van der Waals surface area contributed by atoms with Crippen LogP contribution in [0.4, 0.5) is 0 Å². The van der Waals surface area contributed by atoms with E-state index in [0.29, 0.717) is 12.1 Å². The first kappa shape index (κ1) is 14.4. The van der Waals surface area contributed by atoms with E-state index in [-0.39, 0.29) is 18.2 Å². The van der Waals surface area contributed by atoms with Gasteiger partial charge in [-0.1, -0.05) is 0 Å². The van der Waals surface area contributed by atoms with Crippen LogP contribution >= 0.6 is 0 Å². The molecule has 0 aromatic carbocycles. The molecule has 2 heterocycles. The van der Waals surface area contributed by atoms with E-state index in [9.17, 15) is 9.59 Å². The Balaban J connectivity index is 1.88. The predicted molar refractivity (Wildman–Crippen MR) is 74.7 cm³/mol. The summed E-state index contributed by atoms with van der Waals surface area (Å²) < 4.78 is 0. The van der Waals surface area contributed by atoms with Crippen LogP contribution in [0.1, 0.15) is 58.8 Å². The Bertz CT molecular complexity index is 311. The minimum absolute atomic E-state index is 0.0231. The molecule has 108 valence electrons. The fourth-order valence-electron chi connectivity index (χ4n) is 3.27. The lowest BCUT2D eigenvalue weighted by Crippen LogP contribution is -2.47. The highest BCUT2D eigenvalue weighted by Crippen LogP contribution is 2.20. The topological polar surface area (TPSA) is 40.6 Å². The maximum atomic E-state index is 12.2. The largest absolute Gasteiger partial charge is 0.340 e. The number of piperidine rings is 2. The molecule has 0 radical (unpaired) electrons. The van der Waals surface area contributed by atoms with E-state index < -0.39 is 0 Å². The normalized spacial score (nSPS) is 28.3. The minimum Gasteiger partial charge on any atom is -0.340 e. The molecule has 0 aliphatic carbocycles. The highest BCUT2D eigenvalue weighted by molar-refractivity contribution is 5.97. The van der Waals surface area contributed by atoms with Gasteiger partial charge < -0.3 is 9.80 Å². The first-order chi connectivity index (χ1) is 9.09. The number of hydrogen-bond acceptors (Lipinski definition) is 2. The molecule has 2 aliphatic heterocycles. The lowest BCUT2D eigenvalue weighted by atomic mass is 10.0. The van der Waals surface area contributed by atoms with Crippen LogP contribution in [0.5, 0.6) is 0 Å². The predicted octanol–water partition coefficient (Wildman–Crippen LogP) is 2.18. The monoisotopic (exact) mass is 266 g/mol. The molecule has 2 fully saturated rings. The van der Waals surface area contributed by atoms with Crippen molar-refractivity contribution in [1.29, 1.82) is 0 Å². The molecule has 0 bridgehead atoms. The fourth-order valence-corrected chi connectivity index (χ4v) is 3.27. The van der Waals surface area contributed by atoms with Crippen LogP contribution in [-0.2, 0) is 9.59 Å². The Morgan fingerprint density at radius 3 is 1.63 bits per heavy atom. The van der Waals surface area contributed by atoms with Gasteiger partial charge in [0.25, 0.3) is 0 Å². The van der Waals surface area contributed by atoms with Gasteiger partial charge in [0.05, 0.1) is 0 Å². The summed E-state index contributed by atoms with van der Waals surface area (Å²) in [4.78, 5) is 28.3. The SMILES string of the molecule is C[C@@H]1CCCCN1C(=O)CC(=O)N1CCCC[C@@H]1C. The molecule has 0 N–H and O–H groups in total. The highest BCUT2D eigenvalue weighted by Gasteiger charge is 2.29. The van der Waals surface area contributed by atoms with Gasteiger partial charge in [0.1, 0.15) is 6.42 Å². The summed E-state index contributed by atoms with van der Waals surface area (Å²) in [5, 5.41) is 0. The third kappa shape index (κ3) is 3.48. The van der Waals surface area contributed by atoms with Crippen molar-refractivity contribution in [2.24, 2.45) is 0 Å². The summed E-state index contributed by atoms with van der Waals surface area (Å²) >= 11 is 0. The number of amides is 2. The molecule has 0 unspecified atom stereocenters. The van der Waals surface area contributed by atoms with Gasteiger partial charge in [0.15, 0.2) is 0 Å². The summed E-state index contributed by atoms with van der Waals surface area (Å²) in [6, 6.07) is 0.598. The molecule has 4 nitrogen and oxygen atoms in total. The van der Waals surface area contributed by atoms with Gasteiger partial charge in [-0.05, 0) is 52.4 Å². The Morgan fingerprint density at radius 2 is 1.26 bits per heavy atom. The Hall–Kier alpha value is -1.06. The minimum atomic E-state index is 0.0231. The quantitative estimate of drug-likeness (QED) is 0.719. The van der Waals surface area contributed by atoms with Gasteiger partial charge in [0.2, 0.25) is 11.8 Å². The second-order valence-corrected chi connectivity index (χ2v) is 6.04. The van der Waals surface area contributed by atoms with Crippen molar-refractivity contribution >= 4 is 11.8 Å². The van der Waals surface area contributed by atoms with Gasteiger partial charge in [0, 0.05) is 25.2 Å². The summed E-state index contributed by atoms with van der Waals surface area (Å²) in [5.74, 6) is 0.0462. The summed E-state index contributed by atoms with van der Waals surface area (Å²) in [7, 11) is 0. The smallest absolute Gasteiger partial charge is 0.232 e. The zero-order chi connectivity index (χ0) is 13.8. The fraction of sp³-hybridized carbons (Fsp3) is 0.867. The van der Waals surface area contributed by atoms with E-state index in [0.717, 1.165) is 38.8 Å². The molecule has 4 heteroatoms. The molecular formula is C15H26N2O2. The summed E-state index contributed by atoms with van der Waals surface area (Å²) in [6.45, 7) is 5.82. The highest BCUT2D eigenvalue weighted by atomic mass is 16.2. The average molecular weight is 266 g/mol. The molecule has 0 aromatic heterocycles. The van der Waals surface area contributed by atoms with Crippen LogP contribution in [0.15, 0.2) is 0 Å². The number of carbonyl (C=O) groups is 2. The third-order valence-electron chi connectivity index (χ3n) is 4.55. The molecule has 2 amide bonds. The van der Waals surface area contributed by atoms with Gasteiger partial charge in [-0.25, -0.2) is 0 Å². The first-order valence-electron chi connectivity index (χ1n) is 7.68. The van der Waals surface area contributed by atoms with E-state index in [1.165, 1.54) is 12.8 Å². The average Bonchev–Trinajstić information content (AvgIpc) is 2.39. The van der Waals surface area contributed by atoms with Crippen molar-refractivity contribution in [3.8, 4) is 0 Å². The lowest BCUT2D eigenvalue weighted by Gasteiger charge is -2.36. The number of hydrogen-bond donors (Lipinski definition) is 0. The summed E-state index contributed by atoms with van der Waals surface area (Å²) in [5.41, 5.74) is 0. The van der Waals surface area contributed by atoms with Gasteiger partial charge in [-0.15, -0.1) is 0 Å². The molecule has 0 aromatic rings. The van der Waals surface area contributed by atoms with Crippen molar-refractivity contribution in [2.75, 3.05) is 13.1 Å². The van der Waals surface area contributed by atoms with Crippen LogP contribution in [-0.4, -0.2) is 46.8 Å². The Morgan fingerprint density at radius 1 is 0.842 bits per heavy atom. The number of nitrogens with zero attached hydrogens (tertiary/aromatic N) is 2. The second kappa shape index (κ2) is 6.40. The first-order valence-corrected chi connectivity index (χ1v) is 7.68. The Kier molecular flexibility index (Phi) is 4.83. The van der Waals surface area contributed by atoms with Crippen molar-refractivity contribution in [1.82, 2.24) is 9.80 Å². The zero-order valence-corrected chi connectivity index (χ0v) is 12.2. The van der Waals surface area contributed by atoms with Crippen molar-refractivity contribution < 1.29 is 9.59 Å². The molecule has 2 atom stereocenters. The van der Waals surface area contributed by atoms with E-state index in [1.807, 2.05) is 9.80 Å². The van der Waals surface area contributed by atoms with Crippen LogP contribution in [0.2, 0.25) is 0 Å². The van der Waals surface area contributed by atoms with E-state index >= 15 is 0 Å². The van der Waals surface area contributed by atoms with E-state index in [1.54, 1.807) is 0 Å². The summed E-state index contributed by atoms with van der Waals surface area (Å²) in [6.07, 6.45) is 6.74. The van der Waals surface area contributed by atoms with E-state index in [4.69, 9.17) is 0 Å². The molecular weight excluding hydrogens is 240 g/mol. The van der Waals surface area contributed by atoms with Crippen LogP contribution in [0.25, 0.3) is 0 Å². The number of carbonyl (C=O) groups excluding carboxylic acids is 2. The molecule has 0 spiro atoms. The zero-order valence-electron chi connectivity index (χ0n) is 12.2. The van der Waals surface area contributed by atoms with Crippen molar-refractivity contribution in [3.05, 3.63) is 0 Å². The Labute approximate surface area is 116 Å². The molecule has 2 aliphatic rings. The van der Waals surface area contributed by atoms with Crippen molar-refractivity contribution in [2.45, 2.75) is 70.9 Å². The van der Waals surface area contributed by atoms with Crippen LogP contribution in [0.3, 0.4) is 0 Å². The van der Waals surface area contributed by atoms with Gasteiger partial charge in [-0.3, -0.25) is 9.59 Å². The molecule has 2 saturated heterocycles. The molecule has 2 rings (SSSR count). The molecule has 0 saturated carbocycles. The van der Waals surface area contributed by atoms with Crippen LogP contribution < -0.4 is 0 Å². The standard InChI is InChI=1S/C15H26N2O2/c1-12-7-3-5-9-16(12)14(18)11-15(19)17-10-6-4-8-13(17)2/h12-13H,3-11H2,1-2H3/t12-,13+. The lowest BCUT2D eigenvalue weighted by molar-refractivity contribution is -0.144. The van der Waals surface area contributed by atoms with Crippen molar-refractivity contribution in [3.63, 3.8) is 0 Å². The van der Waals surface area contributed by atoms with Gasteiger partial charge in [-0.2, -0.15) is 0 Å². The maximum absolute atomic E-state index is 12.2. The number of likely N-dealkylation sites (tertiary alicyclic amines) is 2. The maximum Gasteiger partial charge on any atom is 0.232 e.